The minimum Gasteiger partial charge on any atom is -0.506 e. The normalized spacial score (nSPS) is 10.5. The molecule has 21 heavy (non-hydrogen) atoms. The number of rotatable bonds is 1. The molecule has 0 saturated carbocycles. The molecule has 0 aliphatic heterocycles. The smallest absolute Gasteiger partial charge is 0.260 e. The van der Waals surface area contributed by atoms with Crippen molar-refractivity contribution in [2.24, 2.45) is 0 Å². The van der Waals surface area contributed by atoms with Crippen LogP contribution in [0.4, 0.5) is 0 Å². The molecule has 0 saturated heterocycles. The monoisotopic (exact) mass is 276 g/mol. The Balaban J connectivity index is 2.44. The molecule has 0 aliphatic carbocycles. The highest BCUT2D eigenvalue weighted by Crippen LogP contribution is 2.33. The zero-order valence-electron chi connectivity index (χ0n) is 11.3. The van der Waals surface area contributed by atoms with E-state index < -0.39 is 0 Å². The van der Waals surface area contributed by atoms with E-state index in [2.05, 4.69) is 11.1 Å². The van der Waals surface area contributed by atoms with E-state index >= 15 is 0 Å². The molecule has 3 aromatic rings. The Kier molecular flexibility index (Phi) is 2.96. The third kappa shape index (κ3) is 2.05. The number of aryl methyl sites for hydroxylation is 1. The second-order valence-electron chi connectivity index (χ2n) is 4.87. The molecule has 0 spiro atoms. The number of aromatic amines is 1. The summed E-state index contributed by atoms with van der Waals surface area (Å²) in [5, 5.41) is 20.0. The fourth-order valence-electron chi connectivity index (χ4n) is 2.50. The first kappa shape index (κ1) is 12.9. The number of aromatic nitrogens is 1. The van der Waals surface area contributed by atoms with E-state index in [0.717, 1.165) is 5.56 Å². The third-order valence-electron chi connectivity index (χ3n) is 3.48. The minimum absolute atomic E-state index is 0.0971. The molecule has 0 amide bonds. The number of H-pyrrole nitrogens is 1. The second-order valence-corrected chi connectivity index (χ2v) is 4.87. The SMILES string of the molecule is Cc1cc(C#N)cc2c(O)c(-c3ccccc3)c(=O)[nH]c12. The molecule has 4 nitrogen and oxygen atoms in total. The van der Waals surface area contributed by atoms with Gasteiger partial charge in [0, 0.05) is 5.39 Å². The van der Waals surface area contributed by atoms with Gasteiger partial charge in [-0.25, -0.2) is 0 Å². The van der Waals surface area contributed by atoms with Crippen molar-refractivity contribution in [2.45, 2.75) is 6.92 Å². The fraction of sp³-hybridized carbons (Fsp3) is 0.0588. The van der Waals surface area contributed by atoms with Crippen molar-refractivity contribution in [2.75, 3.05) is 0 Å². The Morgan fingerprint density at radius 1 is 1.19 bits per heavy atom. The first-order valence-corrected chi connectivity index (χ1v) is 6.47. The highest BCUT2D eigenvalue weighted by Gasteiger charge is 2.15. The van der Waals surface area contributed by atoms with Gasteiger partial charge in [0.2, 0.25) is 0 Å². The van der Waals surface area contributed by atoms with Crippen LogP contribution < -0.4 is 5.56 Å². The van der Waals surface area contributed by atoms with Crippen LogP contribution >= 0.6 is 0 Å². The van der Waals surface area contributed by atoms with Gasteiger partial charge in [-0.1, -0.05) is 30.3 Å². The van der Waals surface area contributed by atoms with Gasteiger partial charge in [0.05, 0.1) is 22.7 Å². The van der Waals surface area contributed by atoms with Gasteiger partial charge in [0.15, 0.2) is 0 Å². The van der Waals surface area contributed by atoms with Crippen molar-refractivity contribution in [3.63, 3.8) is 0 Å². The first-order chi connectivity index (χ1) is 10.1. The quantitative estimate of drug-likeness (QED) is 0.717. The second kappa shape index (κ2) is 4.80. The molecule has 2 N–H and O–H groups in total. The van der Waals surface area contributed by atoms with Crippen LogP contribution in [0.15, 0.2) is 47.3 Å². The number of hydrogen-bond donors (Lipinski definition) is 2. The maximum absolute atomic E-state index is 12.3. The van der Waals surface area contributed by atoms with Crippen LogP contribution in [0.25, 0.3) is 22.0 Å². The average Bonchev–Trinajstić information content (AvgIpc) is 2.49. The Morgan fingerprint density at radius 3 is 2.57 bits per heavy atom. The molecule has 0 atom stereocenters. The largest absolute Gasteiger partial charge is 0.506 e. The number of nitriles is 1. The van der Waals surface area contributed by atoms with Crippen molar-refractivity contribution in [1.82, 2.24) is 4.98 Å². The summed E-state index contributed by atoms with van der Waals surface area (Å²) in [5.74, 6) is -0.0971. The van der Waals surface area contributed by atoms with E-state index in [4.69, 9.17) is 5.26 Å². The van der Waals surface area contributed by atoms with Gasteiger partial charge in [0.25, 0.3) is 5.56 Å². The van der Waals surface area contributed by atoms with Crippen molar-refractivity contribution in [3.05, 3.63) is 63.9 Å². The molecule has 0 bridgehead atoms. The first-order valence-electron chi connectivity index (χ1n) is 6.47. The summed E-state index contributed by atoms with van der Waals surface area (Å²) >= 11 is 0. The maximum Gasteiger partial charge on any atom is 0.260 e. The van der Waals surface area contributed by atoms with Gasteiger partial charge in [0.1, 0.15) is 5.75 Å². The Hall–Kier alpha value is -3.06. The van der Waals surface area contributed by atoms with Gasteiger partial charge in [-0.2, -0.15) is 5.26 Å². The zero-order chi connectivity index (χ0) is 15.0. The van der Waals surface area contributed by atoms with E-state index in [1.54, 1.807) is 43.3 Å². The highest BCUT2D eigenvalue weighted by atomic mass is 16.3. The van der Waals surface area contributed by atoms with Gasteiger partial charge in [-0.05, 0) is 30.2 Å². The number of benzene rings is 2. The lowest BCUT2D eigenvalue weighted by atomic mass is 10.0. The zero-order valence-corrected chi connectivity index (χ0v) is 11.3. The van der Waals surface area contributed by atoms with Crippen LogP contribution in [0, 0.1) is 18.3 Å². The molecule has 4 heteroatoms. The van der Waals surface area contributed by atoms with Gasteiger partial charge in [-0.3, -0.25) is 4.79 Å². The Labute approximate surface area is 120 Å². The van der Waals surface area contributed by atoms with Crippen LogP contribution in [0.1, 0.15) is 11.1 Å². The highest BCUT2D eigenvalue weighted by molar-refractivity contribution is 5.94. The van der Waals surface area contributed by atoms with E-state index in [9.17, 15) is 9.90 Å². The fourth-order valence-corrected chi connectivity index (χ4v) is 2.50. The molecule has 2 aromatic carbocycles. The van der Waals surface area contributed by atoms with Crippen molar-refractivity contribution in [1.29, 1.82) is 5.26 Å². The molecule has 102 valence electrons. The Bertz CT molecular complexity index is 935. The maximum atomic E-state index is 12.3. The number of aromatic hydroxyl groups is 1. The summed E-state index contributed by atoms with van der Waals surface area (Å²) in [6.45, 7) is 1.79. The molecule has 0 unspecified atom stereocenters. The summed E-state index contributed by atoms with van der Waals surface area (Å²) in [6.07, 6.45) is 0. The molecule has 1 heterocycles. The number of nitrogens with zero attached hydrogens (tertiary/aromatic N) is 1. The topological polar surface area (TPSA) is 76.9 Å². The van der Waals surface area contributed by atoms with Crippen molar-refractivity contribution < 1.29 is 5.11 Å². The minimum atomic E-state index is -0.348. The lowest BCUT2D eigenvalue weighted by molar-refractivity contribution is 0.482. The number of pyridine rings is 1. The number of nitrogens with one attached hydrogen (secondary N) is 1. The van der Waals surface area contributed by atoms with Crippen molar-refractivity contribution in [3.8, 4) is 22.9 Å². The lowest BCUT2D eigenvalue weighted by Gasteiger charge is -2.09. The summed E-state index contributed by atoms with van der Waals surface area (Å²) in [7, 11) is 0. The third-order valence-corrected chi connectivity index (χ3v) is 3.48. The molecule has 0 radical (unpaired) electrons. The Morgan fingerprint density at radius 2 is 1.90 bits per heavy atom. The molecule has 1 aromatic heterocycles. The van der Waals surface area contributed by atoms with Gasteiger partial charge < -0.3 is 10.1 Å². The van der Waals surface area contributed by atoms with Crippen LogP contribution in [0.2, 0.25) is 0 Å². The molecular weight excluding hydrogens is 264 g/mol. The predicted molar refractivity (Wildman–Crippen MR) is 81.1 cm³/mol. The summed E-state index contributed by atoms with van der Waals surface area (Å²) in [6, 6.07) is 14.3. The molecule has 3 rings (SSSR count). The van der Waals surface area contributed by atoms with Crippen LogP contribution in [-0.4, -0.2) is 10.1 Å². The molecule has 0 fully saturated rings. The van der Waals surface area contributed by atoms with Crippen LogP contribution in [0.3, 0.4) is 0 Å². The van der Waals surface area contributed by atoms with E-state index in [-0.39, 0.29) is 16.9 Å². The van der Waals surface area contributed by atoms with Crippen LogP contribution in [-0.2, 0) is 0 Å². The van der Waals surface area contributed by atoms with E-state index in [1.807, 2.05) is 6.07 Å². The average molecular weight is 276 g/mol. The van der Waals surface area contributed by atoms with Crippen molar-refractivity contribution >= 4 is 10.9 Å². The predicted octanol–water partition coefficient (Wildman–Crippen LogP) is 3.08. The van der Waals surface area contributed by atoms with Gasteiger partial charge in [-0.15, -0.1) is 0 Å². The summed E-state index contributed by atoms with van der Waals surface area (Å²) < 4.78 is 0. The lowest BCUT2D eigenvalue weighted by Crippen LogP contribution is -2.10. The van der Waals surface area contributed by atoms with E-state index in [1.165, 1.54) is 0 Å². The standard InChI is InChI=1S/C17H12N2O2/c1-10-7-11(9-18)8-13-15(10)19-17(21)14(16(13)20)12-5-3-2-4-6-12/h2-8H,1H3,(H2,19,20,21). The number of fused-ring (bicyclic) bond motifs is 1. The summed E-state index contributed by atoms with van der Waals surface area (Å²) in [4.78, 5) is 15.1. The van der Waals surface area contributed by atoms with Gasteiger partial charge >= 0.3 is 0 Å². The van der Waals surface area contributed by atoms with E-state index in [0.29, 0.717) is 22.0 Å². The van der Waals surface area contributed by atoms with Crippen LogP contribution in [0.5, 0.6) is 5.75 Å². The molecular formula is C17H12N2O2. The summed E-state index contributed by atoms with van der Waals surface area (Å²) in [5.41, 5.74) is 2.25. The number of hydrogen-bond acceptors (Lipinski definition) is 3. The molecule has 0 aliphatic rings.